The molecule has 0 fully saturated rings. The zero-order valence-corrected chi connectivity index (χ0v) is 9.50. The molecule has 0 aliphatic heterocycles. The number of thiazole rings is 1. The van der Waals surface area contributed by atoms with E-state index < -0.39 is 0 Å². The minimum atomic E-state index is 0.908. The number of aryl methyl sites for hydroxylation is 1. The molecule has 0 saturated heterocycles. The van der Waals surface area contributed by atoms with Crippen molar-refractivity contribution >= 4 is 11.3 Å². The minimum absolute atomic E-state index is 0.908. The van der Waals surface area contributed by atoms with Gasteiger partial charge in [-0.2, -0.15) is 5.10 Å². The first kappa shape index (κ1) is 10.3. The quantitative estimate of drug-likeness (QED) is 0.773. The molecule has 0 aliphatic rings. The van der Waals surface area contributed by atoms with Gasteiger partial charge in [0, 0.05) is 30.9 Å². The van der Waals surface area contributed by atoms with Crippen molar-refractivity contribution in [2.24, 2.45) is 7.05 Å². The zero-order valence-electron chi connectivity index (χ0n) is 8.68. The standard InChI is InChI=1S/C10H14N4S/c1-14-7-9(4-13-14)2-3-11-5-10-6-12-8-15-10/h4,6-8,11H,2-3,5H2,1H3. The summed E-state index contributed by atoms with van der Waals surface area (Å²) in [4.78, 5) is 5.31. The second-order valence-electron chi connectivity index (χ2n) is 3.42. The van der Waals surface area contributed by atoms with Crippen LogP contribution in [0.4, 0.5) is 0 Å². The lowest BCUT2D eigenvalue weighted by molar-refractivity contribution is 0.692. The Morgan fingerprint density at radius 1 is 1.47 bits per heavy atom. The molecule has 0 aliphatic carbocycles. The van der Waals surface area contributed by atoms with Gasteiger partial charge in [-0.25, -0.2) is 0 Å². The van der Waals surface area contributed by atoms with E-state index in [0.29, 0.717) is 0 Å². The van der Waals surface area contributed by atoms with Crippen molar-refractivity contribution in [3.63, 3.8) is 0 Å². The molecule has 2 heterocycles. The van der Waals surface area contributed by atoms with E-state index in [0.717, 1.165) is 19.5 Å². The van der Waals surface area contributed by atoms with Crippen LogP contribution >= 0.6 is 11.3 Å². The average Bonchev–Trinajstić information content (AvgIpc) is 2.84. The van der Waals surface area contributed by atoms with E-state index in [1.165, 1.54) is 10.4 Å². The Morgan fingerprint density at radius 3 is 3.07 bits per heavy atom. The van der Waals surface area contributed by atoms with Crippen LogP contribution in [-0.2, 0) is 20.0 Å². The van der Waals surface area contributed by atoms with Crippen LogP contribution in [0.25, 0.3) is 0 Å². The van der Waals surface area contributed by atoms with Crippen molar-refractivity contribution in [1.82, 2.24) is 20.1 Å². The highest BCUT2D eigenvalue weighted by Crippen LogP contribution is 2.04. The van der Waals surface area contributed by atoms with Crippen LogP contribution in [0.2, 0.25) is 0 Å². The lowest BCUT2D eigenvalue weighted by atomic mass is 10.2. The highest BCUT2D eigenvalue weighted by atomic mass is 32.1. The molecular weight excluding hydrogens is 208 g/mol. The number of aromatic nitrogens is 3. The molecule has 0 radical (unpaired) electrons. The van der Waals surface area contributed by atoms with E-state index in [4.69, 9.17) is 0 Å². The van der Waals surface area contributed by atoms with E-state index >= 15 is 0 Å². The van der Waals surface area contributed by atoms with Gasteiger partial charge in [0.2, 0.25) is 0 Å². The SMILES string of the molecule is Cn1cc(CCNCc2cncs2)cn1. The average molecular weight is 222 g/mol. The molecule has 2 aromatic heterocycles. The summed E-state index contributed by atoms with van der Waals surface area (Å²) in [6.45, 7) is 1.88. The largest absolute Gasteiger partial charge is 0.311 e. The van der Waals surface area contributed by atoms with Gasteiger partial charge in [-0.15, -0.1) is 11.3 Å². The smallest absolute Gasteiger partial charge is 0.0794 e. The van der Waals surface area contributed by atoms with E-state index in [2.05, 4.69) is 15.4 Å². The Labute approximate surface area is 93.0 Å². The minimum Gasteiger partial charge on any atom is -0.311 e. The summed E-state index contributed by atoms with van der Waals surface area (Å²) in [5, 5.41) is 7.51. The molecule has 0 saturated carbocycles. The Morgan fingerprint density at radius 2 is 2.40 bits per heavy atom. The predicted molar refractivity (Wildman–Crippen MR) is 60.7 cm³/mol. The molecule has 0 bridgehead atoms. The maximum Gasteiger partial charge on any atom is 0.0794 e. The van der Waals surface area contributed by atoms with Crippen LogP contribution < -0.4 is 5.32 Å². The maximum absolute atomic E-state index is 4.13. The molecule has 2 aromatic rings. The van der Waals surface area contributed by atoms with Crippen LogP contribution in [-0.4, -0.2) is 21.3 Å². The number of nitrogens with one attached hydrogen (secondary N) is 1. The van der Waals surface area contributed by atoms with E-state index in [1.807, 2.05) is 35.8 Å². The molecule has 0 amide bonds. The molecule has 4 nitrogen and oxygen atoms in total. The lowest BCUT2D eigenvalue weighted by Crippen LogP contribution is -2.15. The van der Waals surface area contributed by atoms with Crippen molar-refractivity contribution in [3.05, 3.63) is 34.5 Å². The zero-order chi connectivity index (χ0) is 10.5. The van der Waals surface area contributed by atoms with E-state index in [1.54, 1.807) is 11.3 Å². The molecule has 80 valence electrons. The molecule has 1 N–H and O–H groups in total. The van der Waals surface area contributed by atoms with Gasteiger partial charge in [0.25, 0.3) is 0 Å². The number of nitrogens with zero attached hydrogens (tertiary/aromatic N) is 3. The van der Waals surface area contributed by atoms with Crippen molar-refractivity contribution < 1.29 is 0 Å². The molecule has 0 spiro atoms. The number of hydrogen-bond donors (Lipinski definition) is 1. The van der Waals surface area contributed by atoms with Gasteiger partial charge in [0.1, 0.15) is 0 Å². The fourth-order valence-electron chi connectivity index (χ4n) is 1.37. The topological polar surface area (TPSA) is 42.7 Å². The third-order valence-corrected chi connectivity index (χ3v) is 2.91. The molecular formula is C10H14N4S. The predicted octanol–water partition coefficient (Wildman–Crippen LogP) is 1.21. The molecule has 0 aromatic carbocycles. The number of hydrogen-bond acceptors (Lipinski definition) is 4. The van der Waals surface area contributed by atoms with Gasteiger partial charge < -0.3 is 5.32 Å². The van der Waals surface area contributed by atoms with Crippen LogP contribution in [0.3, 0.4) is 0 Å². The van der Waals surface area contributed by atoms with Crippen LogP contribution in [0.5, 0.6) is 0 Å². The summed E-state index contributed by atoms with van der Waals surface area (Å²) < 4.78 is 1.83. The Kier molecular flexibility index (Phi) is 3.47. The third-order valence-electron chi connectivity index (χ3n) is 2.13. The summed E-state index contributed by atoms with van der Waals surface area (Å²) in [5.74, 6) is 0. The summed E-state index contributed by atoms with van der Waals surface area (Å²) >= 11 is 1.68. The molecule has 0 atom stereocenters. The van der Waals surface area contributed by atoms with E-state index in [9.17, 15) is 0 Å². The maximum atomic E-state index is 4.13. The molecule has 15 heavy (non-hydrogen) atoms. The summed E-state index contributed by atoms with van der Waals surface area (Å²) in [6, 6.07) is 0. The molecule has 5 heteroatoms. The molecule has 0 unspecified atom stereocenters. The van der Waals surface area contributed by atoms with Gasteiger partial charge in [-0.3, -0.25) is 9.67 Å². The van der Waals surface area contributed by atoms with Crippen LogP contribution in [0, 0.1) is 0 Å². The van der Waals surface area contributed by atoms with Crippen molar-refractivity contribution in [1.29, 1.82) is 0 Å². The highest BCUT2D eigenvalue weighted by Gasteiger charge is 1.96. The lowest BCUT2D eigenvalue weighted by Gasteiger charge is -2.00. The fraction of sp³-hybridized carbons (Fsp3) is 0.400. The van der Waals surface area contributed by atoms with Gasteiger partial charge in [0.15, 0.2) is 0 Å². The van der Waals surface area contributed by atoms with Crippen LogP contribution in [0.1, 0.15) is 10.4 Å². The third kappa shape index (κ3) is 3.14. The second-order valence-corrected chi connectivity index (χ2v) is 4.39. The number of rotatable bonds is 5. The first-order valence-corrected chi connectivity index (χ1v) is 5.78. The van der Waals surface area contributed by atoms with Crippen molar-refractivity contribution in [3.8, 4) is 0 Å². The van der Waals surface area contributed by atoms with Gasteiger partial charge in [-0.1, -0.05) is 0 Å². The summed E-state index contributed by atoms with van der Waals surface area (Å²) in [7, 11) is 1.94. The van der Waals surface area contributed by atoms with E-state index in [-0.39, 0.29) is 0 Å². The van der Waals surface area contributed by atoms with Gasteiger partial charge >= 0.3 is 0 Å². The Balaban J connectivity index is 1.67. The molecule has 2 rings (SSSR count). The second kappa shape index (κ2) is 5.04. The Hall–Kier alpha value is -1.20. The van der Waals surface area contributed by atoms with Gasteiger partial charge in [0.05, 0.1) is 11.7 Å². The summed E-state index contributed by atoms with van der Waals surface area (Å²) in [5.41, 5.74) is 3.13. The monoisotopic (exact) mass is 222 g/mol. The van der Waals surface area contributed by atoms with Crippen molar-refractivity contribution in [2.45, 2.75) is 13.0 Å². The first-order chi connectivity index (χ1) is 7.34. The first-order valence-electron chi connectivity index (χ1n) is 4.90. The normalized spacial score (nSPS) is 10.7. The van der Waals surface area contributed by atoms with Crippen LogP contribution in [0.15, 0.2) is 24.1 Å². The van der Waals surface area contributed by atoms with Gasteiger partial charge in [-0.05, 0) is 18.5 Å². The fourth-order valence-corrected chi connectivity index (χ4v) is 1.94. The highest BCUT2D eigenvalue weighted by molar-refractivity contribution is 7.09. The Bertz CT molecular complexity index is 393. The summed E-state index contributed by atoms with van der Waals surface area (Å²) in [6.07, 6.45) is 6.89. The van der Waals surface area contributed by atoms with Crippen molar-refractivity contribution in [2.75, 3.05) is 6.54 Å².